The van der Waals surface area contributed by atoms with Crippen LogP contribution in [0.3, 0.4) is 0 Å². The lowest BCUT2D eigenvalue weighted by molar-refractivity contribution is 0.724. The standard InChI is InChI=1S/C11H14ClIN2/c12-10-8-9(13)2-3-11(10)15-6-1-4-14-5-7-15/h2-3,8,14H,1,4-7H2. The quantitative estimate of drug-likeness (QED) is 0.793. The zero-order valence-electron chi connectivity index (χ0n) is 8.47. The number of halogens is 2. The van der Waals surface area contributed by atoms with Crippen LogP contribution in [0.5, 0.6) is 0 Å². The fraction of sp³-hybridized carbons (Fsp3) is 0.455. The van der Waals surface area contributed by atoms with E-state index in [1.807, 2.05) is 6.07 Å². The normalized spacial score (nSPS) is 17.6. The Balaban J connectivity index is 2.19. The third-order valence-electron chi connectivity index (χ3n) is 2.59. The first-order chi connectivity index (χ1) is 7.27. The maximum absolute atomic E-state index is 6.25. The summed E-state index contributed by atoms with van der Waals surface area (Å²) >= 11 is 8.53. The number of anilines is 1. The Labute approximate surface area is 109 Å². The van der Waals surface area contributed by atoms with E-state index in [4.69, 9.17) is 11.6 Å². The van der Waals surface area contributed by atoms with Crippen molar-refractivity contribution in [3.63, 3.8) is 0 Å². The van der Waals surface area contributed by atoms with Crippen LogP contribution in [0.1, 0.15) is 6.42 Å². The zero-order chi connectivity index (χ0) is 10.7. The molecule has 1 aliphatic rings. The lowest BCUT2D eigenvalue weighted by atomic mass is 10.2. The molecule has 1 heterocycles. The molecule has 1 aromatic carbocycles. The summed E-state index contributed by atoms with van der Waals surface area (Å²) in [4.78, 5) is 2.36. The Bertz CT molecular complexity index is 335. The molecule has 2 rings (SSSR count). The molecule has 1 N–H and O–H groups in total. The van der Waals surface area contributed by atoms with Gasteiger partial charge in [0.2, 0.25) is 0 Å². The van der Waals surface area contributed by atoms with Crippen LogP contribution in [0, 0.1) is 3.57 Å². The predicted molar refractivity (Wildman–Crippen MR) is 73.9 cm³/mol. The third kappa shape index (κ3) is 2.98. The second-order valence-corrected chi connectivity index (χ2v) is 5.34. The molecule has 0 bridgehead atoms. The first kappa shape index (κ1) is 11.5. The SMILES string of the molecule is Clc1cc(I)ccc1N1CCCNCC1. The summed E-state index contributed by atoms with van der Waals surface area (Å²) < 4.78 is 1.19. The van der Waals surface area contributed by atoms with Crippen molar-refractivity contribution in [2.24, 2.45) is 0 Å². The van der Waals surface area contributed by atoms with Gasteiger partial charge in [0.05, 0.1) is 10.7 Å². The third-order valence-corrected chi connectivity index (χ3v) is 3.56. The number of rotatable bonds is 1. The molecule has 0 spiro atoms. The van der Waals surface area contributed by atoms with E-state index >= 15 is 0 Å². The van der Waals surface area contributed by atoms with Gasteiger partial charge in [0.15, 0.2) is 0 Å². The molecule has 1 aromatic rings. The van der Waals surface area contributed by atoms with Crippen LogP contribution >= 0.6 is 34.2 Å². The van der Waals surface area contributed by atoms with Gasteiger partial charge in [-0.1, -0.05) is 11.6 Å². The average molecular weight is 337 g/mol. The number of hydrogen-bond donors (Lipinski definition) is 1. The van der Waals surface area contributed by atoms with Gasteiger partial charge in [-0.05, 0) is 53.8 Å². The van der Waals surface area contributed by atoms with Gasteiger partial charge in [-0.3, -0.25) is 0 Å². The summed E-state index contributed by atoms with van der Waals surface area (Å²) in [6.45, 7) is 4.29. The molecule has 0 amide bonds. The molecule has 1 saturated heterocycles. The van der Waals surface area contributed by atoms with Gasteiger partial charge < -0.3 is 10.2 Å². The van der Waals surface area contributed by atoms with Gasteiger partial charge in [0, 0.05) is 23.2 Å². The van der Waals surface area contributed by atoms with Crippen LogP contribution in [0.2, 0.25) is 5.02 Å². The maximum Gasteiger partial charge on any atom is 0.0650 e. The minimum absolute atomic E-state index is 0.865. The maximum atomic E-state index is 6.25. The Hall–Kier alpha value is -0.000000000000000132. The smallest absolute Gasteiger partial charge is 0.0650 e. The highest BCUT2D eigenvalue weighted by molar-refractivity contribution is 14.1. The summed E-state index contributed by atoms with van der Waals surface area (Å²) in [5.41, 5.74) is 1.17. The molecule has 4 heteroatoms. The van der Waals surface area contributed by atoms with Crippen LogP contribution in [-0.4, -0.2) is 26.2 Å². The summed E-state index contributed by atoms with van der Waals surface area (Å²) in [7, 11) is 0. The van der Waals surface area contributed by atoms with Gasteiger partial charge in [0.25, 0.3) is 0 Å². The fourth-order valence-corrected chi connectivity index (χ4v) is 2.80. The minimum Gasteiger partial charge on any atom is -0.369 e. The highest BCUT2D eigenvalue weighted by Crippen LogP contribution is 2.27. The molecule has 2 nitrogen and oxygen atoms in total. The molecule has 0 aliphatic carbocycles. The van der Waals surface area contributed by atoms with Gasteiger partial charge in [-0.15, -0.1) is 0 Å². The van der Waals surface area contributed by atoms with E-state index < -0.39 is 0 Å². The molecule has 0 radical (unpaired) electrons. The molecular weight excluding hydrogens is 322 g/mol. The summed E-state index contributed by atoms with van der Waals surface area (Å²) in [5, 5.41) is 4.26. The molecule has 0 aromatic heterocycles. The van der Waals surface area contributed by atoms with Crippen molar-refractivity contribution in [3.8, 4) is 0 Å². The minimum atomic E-state index is 0.865. The van der Waals surface area contributed by atoms with Gasteiger partial charge in [-0.25, -0.2) is 0 Å². The van der Waals surface area contributed by atoms with E-state index in [0.717, 1.165) is 31.2 Å². The molecule has 1 fully saturated rings. The summed E-state index contributed by atoms with van der Waals surface area (Å²) in [6.07, 6.45) is 1.18. The van der Waals surface area contributed by atoms with Gasteiger partial charge in [-0.2, -0.15) is 0 Å². The van der Waals surface area contributed by atoms with E-state index in [-0.39, 0.29) is 0 Å². The highest BCUT2D eigenvalue weighted by Gasteiger charge is 2.12. The Kier molecular flexibility index (Phi) is 4.11. The number of nitrogens with one attached hydrogen (secondary N) is 1. The van der Waals surface area contributed by atoms with Crippen LogP contribution in [-0.2, 0) is 0 Å². The lowest BCUT2D eigenvalue weighted by Crippen LogP contribution is -2.28. The second-order valence-electron chi connectivity index (χ2n) is 3.69. The molecule has 0 saturated carbocycles. The van der Waals surface area contributed by atoms with E-state index in [1.54, 1.807) is 0 Å². The Morgan fingerprint density at radius 3 is 2.93 bits per heavy atom. The second kappa shape index (κ2) is 5.37. The van der Waals surface area contributed by atoms with Gasteiger partial charge >= 0.3 is 0 Å². The Morgan fingerprint density at radius 2 is 2.13 bits per heavy atom. The number of hydrogen-bond acceptors (Lipinski definition) is 2. The first-order valence-electron chi connectivity index (χ1n) is 5.18. The van der Waals surface area contributed by atoms with Gasteiger partial charge in [0.1, 0.15) is 0 Å². The monoisotopic (exact) mass is 336 g/mol. The lowest BCUT2D eigenvalue weighted by Gasteiger charge is -2.23. The predicted octanol–water partition coefficient (Wildman–Crippen LogP) is 2.74. The van der Waals surface area contributed by atoms with Crippen molar-refractivity contribution < 1.29 is 0 Å². The van der Waals surface area contributed by atoms with Crippen LogP contribution in [0.4, 0.5) is 5.69 Å². The van der Waals surface area contributed by atoms with Crippen molar-refractivity contribution in [1.82, 2.24) is 5.32 Å². The van der Waals surface area contributed by atoms with Crippen LogP contribution < -0.4 is 10.2 Å². The zero-order valence-corrected chi connectivity index (χ0v) is 11.4. The summed E-state index contributed by atoms with van der Waals surface area (Å²) in [5.74, 6) is 0. The topological polar surface area (TPSA) is 15.3 Å². The van der Waals surface area contributed by atoms with Crippen molar-refractivity contribution in [2.45, 2.75) is 6.42 Å². The molecular formula is C11H14ClIN2. The number of benzene rings is 1. The van der Waals surface area contributed by atoms with Crippen molar-refractivity contribution >= 4 is 39.9 Å². The van der Waals surface area contributed by atoms with E-state index in [2.05, 4.69) is 44.9 Å². The van der Waals surface area contributed by atoms with Crippen LogP contribution in [0.25, 0.3) is 0 Å². The van der Waals surface area contributed by atoms with Crippen LogP contribution in [0.15, 0.2) is 18.2 Å². The van der Waals surface area contributed by atoms with Crippen molar-refractivity contribution in [3.05, 3.63) is 26.8 Å². The van der Waals surface area contributed by atoms with E-state index in [0.29, 0.717) is 0 Å². The van der Waals surface area contributed by atoms with E-state index in [9.17, 15) is 0 Å². The summed E-state index contributed by atoms with van der Waals surface area (Å²) in [6, 6.07) is 6.26. The average Bonchev–Trinajstić information content (AvgIpc) is 2.46. The van der Waals surface area contributed by atoms with Crippen molar-refractivity contribution in [2.75, 3.05) is 31.1 Å². The fourth-order valence-electron chi connectivity index (χ4n) is 1.82. The molecule has 0 atom stereocenters. The van der Waals surface area contributed by atoms with Crippen molar-refractivity contribution in [1.29, 1.82) is 0 Å². The first-order valence-corrected chi connectivity index (χ1v) is 6.64. The Morgan fingerprint density at radius 1 is 1.27 bits per heavy atom. The highest BCUT2D eigenvalue weighted by atomic mass is 127. The number of nitrogens with zero attached hydrogens (tertiary/aromatic N) is 1. The molecule has 1 aliphatic heterocycles. The molecule has 0 unspecified atom stereocenters. The molecule has 15 heavy (non-hydrogen) atoms. The largest absolute Gasteiger partial charge is 0.369 e. The van der Waals surface area contributed by atoms with E-state index in [1.165, 1.54) is 15.7 Å². The molecule has 82 valence electrons.